The minimum Gasteiger partial charge on any atom is -0.466 e. The summed E-state index contributed by atoms with van der Waals surface area (Å²) in [6, 6.07) is 0. The highest BCUT2D eigenvalue weighted by Crippen LogP contribution is 2.04. The smallest absolute Gasteiger partial charge is 0.307 e. The van der Waals surface area contributed by atoms with Gasteiger partial charge < -0.3 is 10.1 Å². The Morgan fingerprint density at radius 2 is 1.50 bits per heavy atom. The van der Waals surface area contributed by atoms with E-state index in [-0.39, 0.29) is 18.3 Å². The highest BCUT2D eigenvalue weighted by molar-refractivity contribution is 5.76. The lowest BCUT2D eigenvalue weighted by atomic mass is 10.1. The first-order chi connectivity index (χ1) is 9.70. The van der Waals surface area contributed by atoms with Crippen molar-refractivity contribution in [3.05, 3.63) is 0 Å². The van der Waals surface area contributed by atoms with E-state index >= 15 is 0 Å². The number of rotatable bonds is 13. The Labute approximate surface area is 123 Å². The molecule has 0 saturated carbocycles. The molecule has 0 unspecified atom stereocenters. The van der Waals surface area contributed by atoms with Crippen molar-refractivity contribution >= 4 is 11.9 Å². The summed E-state index contributed by atoms with van der Waals surface area (Å²) in [4.78, 5) is 22.8. The van der Waals surface area contributed by atoms with Gasteiger partial charge in [-0.2, -0.15) is 0 Å². The lowest BCUT2D eigenvalue weighted by molar-refractivity contribution is -0.143. The quantitative estimate of drug-likeness (QED) is 0.415. The second-order valence-electron chi connectivity index (χ2n) is 5.19. The third-order valence-corrected chi connectivity index (χ3v) is 3.17. The predicted molar refractivity (Wildman–Crippen MR) is 81.5 cm³/mol. The van der Waals surface area contributed by atoms with Gasteiger partial charge in [-0.05, 0) is 12.8 Å². The summed E-state index contributed by atoms with van der Waals surface area (Å²) < 4.78 is 5.06. The molecule has 0 aromatic rings. The van der Waals surface area contributed by atoms with E-state index in [0.717, 1.165) is 32.1 Å². The first kappa shape index (κ1) is 18.9. The van der Waals surface area contributed by atoms with Crippen LogP contribution in [0.1, 0.15) is 78.1 Å². The van der Waals surface area contributed by atoms with Gasteiger partial charge in [-0.25, -0.2) is 0 Å². The Kier molecular flexibility index (Phi) is 13.6. The van der Waals surface area contributed by atoms with E-state index in [1.165, 1.54) is 19.3 Å². The van der Waals surface area contributed by atoms with E-state index in [0.29, 0.717) is 19.6 Å². The van der Waals surface area contributed by atoms with Crippen LogP contribution in [-0.2, 0) is 14.3 Å². The van der Waals surface area contributed by atoms with Gasteiger partial charge >= 0.3 is 5.97 Å². The Hall–Kier alpha value is -1.06. The summed E-state index contributed by atoms with van der Waals surface area (Å²) >= 11 is 0. The van der Waals surface area contributed by atoms with Crippen LogP contribution in [-0.4, -0.2) is 25.0 Å². The van der Waals surface area contributed by atoms with Gasteiger partial charge in [0, 0.05) is 13.0 Å². The largest absolute Gasteiger partial charge is 0.466 e. The van der Waals surface area contributed by atoms with Crippen LogP contribution in [0.2, 0.25) is 0 Å². The summed E-state index contributed by atoms with van der Waals surface area (Å²) in [7, 11) is 0. The molecule has 0 aliphatic carbocycles. The molecule has 0 aliphatic heterocycles. The van der Waals surface area contributed by atoms with E-state index in [1.807, 2.05) is 0 Å². The molecule has 0 saturated heterocycles. The SMILES string of the molecule is CCCCCCCC(=O)NCCC(=O)OCCCCC. The number of nitrogens with one attached hydrogen (secondary N) is 1. The lowest BCUT2D eigenvalue weighted by Crippen LogP contribution is -2.26. The van der Waals surface area contributed by atoms with E-state index in [9.17, 15) is 9.59 Å². The fraction of sp³-hybridized carbons (Fsp3) is 0.875. The minimum absolute atomic E-state index is 0.0419. The van der Waals surface area contributed by atoms with Gasteiger partial charge in [-0.3, -0.25) is 9.59 Å². The zero-order chi connectivity index (χ0) is 15.1. The van der Waals surface area contributed by atoms with Gasteiger partial charge in [0.25, 0.3) is 0 Å². The van der Waals surface area contributed by atoms with Crippen LogP contribution in [0.4, 0.5) is 0 Å². The molecular formula is C16H31NO3. The van der Waals surface area contributed by atoms with Gasteiger partial charge in [-0.1, -0.05) is 52.4 Å². The number of ether oxygens (including phenoxy) is 1. The van der Waals surface area contributed by atoms with E-state index in [2.05, 4.69) is 19.2 Å². The normalized spacial score (nSPS) is 10.3. The van der Waals surface area contributed by atoms with Crippen LogP contribution in [0.5, 0.6) is 0 Å². The Balaban J connectivity index is 3.35. The van der Waals surface area contributed by atoms with Crippen LogP contribution in [0.25, 0.3) is 0 Å². The topological polar surface area (TPSA) is 55.4 Å². The molecule has 4 heteroatoms. The lowest BCUT2D eigenvalue weighted by Gasteiger charge is -2.06. The maximum Gasteiger partial charge on any atom is 0.307 e. The van der Waals surface area contributed by atoms with Crippen molar-refractivity contribution in [2.75, 3.05) is 13.2 Å². The first-order valence-electron chi connectivity index (χ1n) is 8.13. The molecule has 0 fully saturated rings. The molecule has 4 nitrogen and oxygen atoms in total. The van der Waals surface area contributed by atoms with Gasteiger partial charge in [0.1, 0.15) is 0 Å². The van der Waals surface area contributed by atoms with Crippen molar-refractivity contribution in [1.29, 1.82) is 0 Å². The number of carbonyl (C=O) groups is 2. The second kappa shape index (κ2) is 14.4. The maximum atomic E-state index is 11.5. The van der Waals surface area contributed by atoms with Crippen LogP contribution >= 0.6 is 0 Å². The summed E-state index contributed by atoms with van der Waals surface area (Å²) in [5.41, 5.74) is 0. The average Bonchev–Trinajstić information content (AvgIpc) is 2.43. The van der Waals surface area contributed by atoms with Crippen LogP contribution < -0.4 is 5.32 Å². The third-order valence-electron chi connectivity index (χ3n) is 3.17. The Morgan fingerprint density at radius 1 is 0.850 bits per heavy atom. The highest BCUT2D eigenvalue weighted by atomic mass is 16.5. The number of hydrogen-bond donors (Lipinski definition) is 1. The standard InChI is InChI=1S/C16H31NO3/c1-3-5-7-8-9-11-15(18)17-13-12-16(19)20-14-10-6-4-2/h3-14H2,1-2H3,(H,17,18). The molecule has 0 aromatic carbocycles. The molecule has 0 atom stereocenters. The van der Waals surface area contributed by atoms with Crippen molar-refractivity contribution in [3.8, 4) is 0 Å². The van der Waals surface area contributed by atoms with E-state index in [4.69, 9.17) is 4.74 Å². The maximum absolute atomic E-state index is 11.5. The monoisotopic (exact) mass is 285 g/mol. The molecule has 0 aliphatic rings. The molecular weight excluding hydrogens is 254 g/mol. The number of carbonyl (C=O) groups excluding carboxylic acids is 2. The summed E-state index contributed by atoms with van der Waals surface area (Å²) in [6.45, 7) is 5.17. The number of unbranched alkanes of at least 4 members (excludes halogenated alkanes) is 6. The minimum atomic E-state index is -0.218. The summed E-state index contributed by atoms with van der Waals surface area (Å²) in [5.74, 6) is -0.176. The van der Waals surface area contributed by atoms with E-state index in [1.54, 1.807) is 0 Å². The van der Waals surface area contributed by atoms with Gasteiger partial charge in [0.15, 0.2) is 0 Å². The molecule has 1 amide bonds. The summed E-state index contributed by atoms with van der Waals surface area (Å²) in [5, 5.41) is 2.77. The molecule has 1 N–H and O–H groups in total. The van der Waals surface area contributed by atoms with Crippen molar-refractivity contribution < 1.29 is 14.3 Å². The average molecular weight is 285 g/mol. The zero-order valence-electron chi connectivity index (χ0n) is 13.2. The molecule has 0 rings (SSSR count). The first-order valence-corrected chi connectivity index (χ1v) is 8.13. The molecule has 118 valence electrons. The van der Waals surface area contributed by atoms with Crippen molar-refractivity contribution in [2.24, 2.45) is 0 Å². The molecule has 0 aromatic heterocycles. The highest BCUT2D eigenvalue weighted by Gasteiger charge is 2.05. The third kappa shape index (κ3) is 13.4. The van der Waals surface area contributed by atoms with Gasteiger partial charge in [0.2, 0.25) is 5.91 Å². The van der Waals surface area contributed by atoms with Gasteiger partial charge in [0.05, 0.1) is 13.0 Å². The molecule has 0 heterocycles. The zero-order valence-corrected chi connectivity index (χ0v) is 13.2. The number of amides is 1. The second-order valence-corrected chi connectivity index (χ2v) is 5.19. The molecule has 0 radical (unpaired) electrons. The molecule has 20 heavy (non-hydrogen) atoms. The Morgan fingerprint density at radius 3 is 2.20 bits per heavy atom. The van der Waals surface area contributed by atoms with Gasteiger partial charge in [-0.15, -0.1) is 0 Å². The fourth-order valence-corrected chi connectivity index (χ4v) is 1.89. The van der Waals surface area contributed by atoms with Crippen LogP contribution in [0.3, 0.4) is 0 Å². The molecule has 0 bridgehead atoms. The Bertz CT molecular complexity index is 254. The fourth-order valence-electron chi connectivity index (χ4n) is 1.89. The van der Waals surface area contributed by atoms with E-state index < -0.39 is 0 Å². The van der Waals surface area contributed by atoms with Crippen molar-refractivity contribution in [3.63, 3.8) is 0 Å². The number of esters is 1. The molecule has 0 spiro atoms. The van der Waals surface area contributed by atoms with Crippen LogP contribution in [0, 0.1) is 0 Å². The van der Waals surface area contributed by atoms with Crippen LogP contribution in [0.15, 0.2) is 0 Å². The van der Waals surface area contributed by atoms with Crippen molar-refractivity contribution in [1.82, 2.24) is 5.32 Å². The number of hydrogen-bond acceptors (Lipinski definition) is 3. The summed E-state index contributed by atoms with van der Waals surface area (Å²) in [6.07, 6.45) is 9.67. The van der Waals surface area contributed by atoms with Crippen molar-refractivity contribution in [2.45, 2.75) is 78.1 Å². The predicted octanol–water partition coefficient (Wildman–Crippen LogP) is 3.59.